The van der Waals surface area contributed by atoms with Crippen LogP contribution in [0.4, 0.5) is 0 Å². The molecule has 0 bridgehead atoms. The highest BCUT2D eigenvalue weighted by atomic mass is 16.4. The molecule has 0 aliphatic rings. The third-order valence-electron chi connectivity index (χ3n) is 6.36. The van der Waals surface area contributed by atoms with E-state index >= 15 is 0 Å². The minimum Gasteiger partial charge on any atom is -0.477 e. The largest absolute Gasteiger partial charge is 0.477 e. The first kappa shape index (κ1) is 25.4. The number of likely N-dealkylation sites (N-methyl/N-ethyl adjacent to an activating group) is 1. The summed E-state index contributed by atoms with van der Waals surface area (Å²) in [5.74, 6) is -0.705. The second-order valence-corrected chi connectivity index (χ2v) is 9.22. The summed E-state index contributed by atoms with van der Waals surface area (Å²) in [5, 5.41) is 9.39. The van der Waals surface area contributed by atoms with Gasteiger partial charge in [-0.05, 0) is 12.8 Å². The van der Waals surface area contributed by atoms with Crippen molar-refractivity contribution in [3.63, 3.8) is 0 Å². The molecule has 3 nitrogen and oxygen atoms in total. The average Bonchev–Trinajstić information content (AvgIpc) is 2.58. The molecule has 0 rings (SSSR count). The second-order valence-electron chi connectivity index (χ2n) is 9.22. The van der Waals surface area contributed by atoms with Crippen LogP contribution < -0.4 is 0 Å². The van der Waals surface area contributed by atoms with Crippen molar-refractivity contribution in [1.29, 1.82) is 0 Å². The first-order valence-corrected chi connectivity index (χ1v) is 11.3. The summed E-state index contributed by atoms with van der Waals surface area (Å²) < 4.78 is 0.556. The number of carboxylic acid groups (broad SMARTS) is 1. The van der Waals surface area contributed by atoms with Gasteiger partial charge in [0.25, 0.3) is 0 Å². The molecule has 0 aromatic heterocycles. The number of rotatable bonds is 18. The van der Waals surface area contributed by atoms with Gasteiger partial charge < -0.3 is 9.59 Å². The van der Waals surface area contributed by atoms with E-state index < -0.39 is 11.5 Å². The third kappa shape index (κ3) is 11.2. The number of quaternary nitrogens is 1. The molecule has 3 heteroatoms. The molecule has 0 amide bonds. The van der Waals surface area contributed by atoms with Crippen molar-refractivity contribution in [2.45, 2.75) is 123 Å². The third-order valence-corrected chi connectivity index (χ3v) is 6.36. The number of aliphatic carboxylic acids is 1. The molecule has 1 N–H and O–H groups in total. The lowest BCUT2D eigenvalue weighted by atomic mass is 9.99. The van der Waals surface area contributed by atoms with E-state index in [-0.39, 0.29) is 0 Å². The standard InChI is InChI=1S/C23H47NO2/c1-6-7-8-9-10-11-12-13-14-15-16-17-18-19-20-21-24(4,5)23(2,3)22(25)26/h6-21H2,1-5H3/p+1. The predicted octanol–water partition coefficient (Wildman–Crippen LogP) is 6.80. The Kier molecular flexibility index (Phi) is 14.2. The Hall–Kier alpha value is -0.570. The van der Waals surface area contributed by atoms with Gasteiger partial charge >= 0.3 is 5.97 Å². The molecular formula is C23H48NO2+. The van der Waals surface area contributed by atoms with E-state index in [9.17, 15) is 9.90 Å². The maximum Gasteiger partial charge on any atom is 0.365 e. The molecular weight excluding hydrogens is 322 g/mol. The molecule has 0 unspecified atom stereocenters. The molecule has 0 aliphatic carbocycles. The molecule has 0 fully saturated rings. The first-order chi connectivity index (χ1) is 12.3. The van der Waals surface area contributed by atoms with E-state index in [4.69, 9.17) is 0 Å². The SMILES string of the molecule is CCCCCCCCCCCCCCCCC[N+](C)(C)C(C)(C)C(=O)O. The van der Waals surface area contributed by atoms with Crippen LogP contribution in [-0.4, -0.2) is 41.7 Å². The fourth-order valence-corrected chi connectivity index (χ4v) is 3.42. The van der Waals surface area contributed by atoms with Crippen LogP contribution in [0.25, 0.3) is 0 Å². The molecule has 0 spiro atoms. The summed E-state index contributed by atoms with van der Waals surface area (Å²) in [7, 11) is 4.08. The van der Waals surface area contributed by atoms with Crippen molar-refractivity contribution in [2.75, 3.05) is 20.6 Å². The monoisotopic (exact) mass is 370 g/mol. The van der Waals surface area contributed by atoms with Crippen LogP contribution in [-0.2, 0) is 4.79 Å². The van der Waals surface area contributed by atoms with Crippen LogP contribution in [0.15, 0.2) is 0 Å². The zero-order chi connectivity index (χ0) is 19.9. The lowest BCUT2D eigenvalue weighted by Gasteiger charge is -2.41. The van der Waals surface area contributed by atoms with Crippen LogP contribution in [0.3, 0.4) is 0 Å². The fraction of sp³-hybridized carbons (Fsp3) is 0.957. The number of carboxylic acids is 1. The Morgan fingerprint density at radius 3 is 1.31 bits per heavy atom. The van der Waals surface area contributed by atoms with E-state index in [0.29, 0.717) is 4.48 Å². The maximum atomic E-state index is 11.4. The molecule has 26 heavy (non-hydrogen) atoms. The lowest BCUT2D eigenvalue weighted by Crippen LogP contribution is -2.60. The van der Waals surface area contributed by atoms with Gasteiger partial charge in [0.05, 0.1) is 20.6 Å². The van der Waals surface area contributed by atoms with Gasteiger partial charge in [0, 0.05) is 13.8 Å². The molecule has 0 radical (unpaired) electrons. The Bertz CT molecular complexity index is 350. The lowest BCUT2D eigenvalue weighted by molar-refractivity contribution is -0.928. The molecule has 0 aromatic carbocycles. The number of unbranched alkanes of at least 4 members (excludes halogenated alkanes) is 14. The molecule has 0 aliphatic heterocycles. The zero-order valence-electron chi connectivity index (χ0n) is 18.6. The summed E-state index contributed by atoms with van der Waals surface area (Å²) in [6.45, 7) is 6.89. The van der Waals surface area contributed by atoms with Crippen LogP contribution in [0.5, 0.6) is 0 Å². The van der Waals surface area contributed by atoms with Gasteiger partial charge in [-0.2, -0.15) is 0 Å². The maximum absolute atomic E-state index is 11.4. The highest BCUT2D eigenvalue weighted by Crippen LogP contribution is 2.22. The first-order valence-electron chi connectivity index (χ1n) is 11.3. The summed E-state index contributed by atoms with van der Waals surface area (Å²) in [6.07, 6.45) is 20.5. The van der Waals surface area contributed by atoms with E-state index in [0.717, 1.165) is 13.0 Å². The summed E-state index contributed by atoms with van der Waals surface area (Å²) in [6, 6.07) is 0. The Morgan fingerprint density at radius 1 is 0.692 bits per heavy atom. The van der Waals surface area contributed by atoms with Crippen molar-refractivity contribution >= 4 is 5.97 Å². The highest BCUT2D eigenvalue weighted by molar-refractivity contribution is 5.76. The molecule has 0 atom stereocenters. The minimum atomic E-state index is -0.712. The van der Waals surface area contributed by atoms with Crippen molar-refractivity contribution in [1.82, 2.24) is 0 Å². The van der Waals surface area contributed by atoms with Crippen LogP contribution in [0.2, 0.25) is 0 Å². The van der Waals surface area contributed by atoms with Crippen LogP contribution >= 0.6 is 0 Å². The molecule has 0 aromatic rings. The van der Waals surface area contributed by atoms with Crippen molar-refractivity contribution in [3.8, 4) is 0 Å². The summed E-state index contributed by atoms with van der Waals surface area (Å²) >= 11 is 0. The van der Waals surface area contributed by atoms with Gasteiger partial charge in [0.15, 0.2) is 5.54 Å². The predicted molar refractivity (Wildman–Crippen MR) is 114 cm³/mol. The van der Waals surface area contributed by atoms with Gasteiger partial charge in [-0.3, -0.25) is 0 Å². The Balaban J connectivity index is 3.43. The van der Waals surface area contributed by atoms with Gasteiger partial charge in [0.1, 0.15) is 0 Å². The van der Waals surface area contributed by atoms with Crippen LogP contribution in [0, 0.1) is 0 Å². The number of hydrogen-bond acceptors (Lipinski definition) is 1. The smallest absolute Gasteiger partial charge is 0.365 e. The summed E-state index contributed by atoms with van der Waals surface area (Å²) in [4.78, 5) is 11.4. The minimum absolute atomic E-state index is 0.556. The van der Waals surface area contributed by atoms with Gasteiger partial charge in [-0.15, -0.1) is 0 Å². The normalized spacial score (nSPS) is 12.5. The van der Waals surface area contributed by atoms with Crippen LogP contribution in [0.1, 0.15) is 117 Å². The van der Waals surface area contributed by atoms with Crippen molar-refractivity contribution in [3.05, 3.63) is 0 Å². The van der Waals surface area contributed by atoms with E-state index in [1.54, 1.807) is 0 Å². The Morgan fingerprint density at radius 2 is 1.00 bits per heavy atom. The number of carbonyl (C=O) groups is 1. The molecule has 0 saturated carbocycles. The second kappa shape index (κ2) is 14.5. The quantitative estimate of drug-likeness (QED) is 0.213. The van der Waals surface area contributed by atoms with Crippen molar-refractivity contribution < 1.29 is 14.4 Å². The van der Waals surface area contributed by atoms with Gasteiger partial charge in [-0.25, -0.2) is 4.79 Å². The topological polar surface area (TPSA) is 37.3 Å². The summed E-state index contributed by atoms with van der Waals surface area (Å²) in [5.41, 5.74) is -0.712. The Labute approximate surface area is 164 Å². The van der Waals surface area contributed by atoms with Gasteiger partial charge in [-0.1, -0.05) is 90.4 Å². The average molecular weight is 371 g/mol. The molecule has 0 saturated heterocycles. The highest BCUT2D eigenvalue weighted by Gasteiger charge is 2.43. The van der Waals surface area contributed by atoms with Crippen molar-refractivity contribution in [2.24, 2.45) is 0 Å². The van der Waals surface area contributed by atoms with E-state index in [1.807, 2.05) is 27.9 Å². The fourth-order valence-electron chi connectivity index (χ4n) is 3.42. The molecule has 0 heterocycles. The zero-order valence-corrected chi connectivity index (χ0v) is 18.6. The number of hydrogen-bond donors (Lipinski definition) is 1. The van der Waals surface area contributed by atoms with E-state index in [1.165, 1.54) is 89.9 Å². The van der Waals surface area contributed by atoms with E-state index in [2.05, 4.69) is 6.92 Å². The number of nitrogens with zero attached hydrogens (tertiary/aromatic N) is 1. The van der Waals surface area contributed by atoms with Gasteiger partial charge in [0.2, 0.25) is 0 Å². The molecule has 156 valence electrons.